The summed E-state index contributed by atoms with van der Waals surface area (Å²) < 4.78 is 21.4. The molecule has 2 saturated carbocycles. The van der Waals surface area contributed by atoms with Gasteiger partial charge in [-0.15, -0.1) is 0 Å². The first kappa shape index (κ1) is 18.8. The molecule has 3 fully saturated rings. The molecule has 1 spiro atoms. The molecule has 0 radical (unpaired) electrons. The summed E-state index contributed by atoms with van der Waals surface area (Å²) in [5.74, 6) is 0.907. The number of aromatic nitrogens is 1. The summed E-state index contributed by atoms with van der Waals surface area (Å²) >= 11 is 0. The van der Waals surface area contributed by atoms with Gasteiger partial charge in [0.25, 0.3) is 0 Å². The van der Waals surface area contributed by atoms with E-state index in [9.17, 15) is 14.6 Å². The number of likely N-dealkylation sites (tertiary alicyclic amines) is 1. The van der Waals surface area contributed by atoms with Gasteiger partial charge in [-0.2, -0.15) is 0 Å². The van der Waals surface area contributed by atoms with Gasteiger partial charge in [-0.25, -0.2) is 4.39 Å². The SMILES string of the molecule is Cc1ccc(O)c2c1[C@]13CC4CN(CC5(F)CC5)[C@H]4[C@]1(O)Cc1c([nH]c4ccccc14)[C@@H]3O2. The third kappa shape index (κ3) is 2.03. The number of halogens is 1. The van der Waals surface area contributed by atoms with E-state index in [1.807, 2.05) is 25.1 Å². The molecule has 5 nitrogen and oxygen atoms in total. The van der Waals surface area contributed by atoms with Gasteiger partial charge < -0.3 is 19.9 Å². The number of benzene rings is 2. The van der Waals surface area contributed by atoms with Crippen LogP contribution in [0.3, 0.4) is 0 Å². The average Bonchev–Trinajstić information content (AvgIpc) is 3.14. The molecule has 2 aromatic carbocycles. The van der Waals surface area contributed by atoms with Crippen molar-refractivity contribution in [2.24, 2.45) is 5.92 Å². The number of fused-ring (bicyclic) bond motifs is 7. The van der Waals surface area contributed by atoms with Crippen molar-refractivity contribution in [2.75, 3.05) is 13.1 Å². The van der Waals surface area contributed by atoms with E-state index in [0.717, 1.165) is 46.3 Å². The fourth-order valence-corrected chi connectivity index (χ4v) is 8.04. The molecular formula is C27H27FN2O3. The Balaban J connectivity index is 1.38. The summed E-state index contributed by atoms with van der Waals surface area (Å²) in [7, 11) is 0. The Morgan fingerprint density at radius 1 is 1.21 bits per heavy atom. The molecule has 1 aromatic heterocycles. The smallest absolute Gasteiger partial charge is 0.166 e. The van der Waals surface area contributed by atoms with Crippen LogP contribution in [0.2, 0.25) is 0 Å². The highest BCUT2D eigenvalue weighted by Crippen LogP contribution is 2.71. The number of aromatic hydroxyl groups is 1. The van der Waals surface area contributed by atoms with Crippen LogP contribution in [0, 0.1) is 12.8 Å². The zero-order valence-corrected chi connectivity index (χ0v) is 18.6. The van der Waals surface area contributed by atoms with E-state index in [-0.39, 0.29) is 17.7 Å². The maximum atomic E-state index is 14.8. The predicted molar refractivity (Wildman–Crippen MR) is 121 cm³/mol. The second-order valence-corrected chi connectivity index (χ2v) is 11.2. The minimum Gasteiger partial charge on any atom is -0.504 e. The highest BCUT2D eigenvalue weighted by Gasteiger charge is 2.77. The number of aryl methyl sites for hydroxylation is 1. The Morgan fingerprint density at radius 2 is 2.03 bits per heavy atom. The lowest BCUT2D eigenvalue weighted by molar-refractivity contribution is -0.136. The standard InChI is InChI=1S/C27H27FN2O3/c1-14-6-7-19(31)22-20(14)26-10-15-12-30(13-25(28)8-9-25)23(15)27(26,32)11-17-16-4-2-3-5-18(16)29-21(17)24(26)33-22/h2-7,15,23-24,29,31-32H,8-13H2,1H3/t15?,23-,24+,26+,27-/m1/s1. The Bertz CT molecular complexity index is 1360. The zero-order valence-electron chi connectivity index (χ0n) is 18.6. The molecule has 8 rings (SSSR count). The molecule has 3 heterocycles. The van der Waals surface area contributed by atoms with Crippen LogP contribution < -0.4 is 4.74 Å². The van der Waals surface area contributed by atoms with Gasteiger partial charge in [0, 0.05) is 42.0 Å². The van der Waals surface area contributed by atoms with Crippen LogP contribution in [0.1, 0.15) is 47.8 Å². The Morgan fingerprint density at radius 3 is 2.85 bits per heavy atom. The molecule has 3 N–H and O–H groups in total. The van der Waals surface area contributed by atoms with Crippen LogP contribution in [-0.4, -0.2) is 50.5 Å². The van der Waals surface area contributed by atoms with Crippen LogP contribution in [-0.2, 0) is 11.8 Å². The molecule has 3 aromatic rings. The van der Waals surface area contributed by atoms with Crippen molar-refractivity contribution in [3.05, 3.63) is 58.8 Å². The van der Waals surface area contributed by atoms with Gasteiger partial charge in [-0.05, 0) is 55.4 Å². The molecular weight excluding hydrogens is 419 g/mol. The van der Waals surface area contributed by atoms with Crippen molar-refractivity contribution >= 4 is 10.9 Å². The Hall–Kier alpha value is -2.57. The number of ether oxygens (including phenoxy) is 1. The van der Waals surface area contributed by atoms with Crippen molar-refractivity contribution in [1.82, 2.24) is 9.88 Å². The Kier molecular flexibility index (Phi) is 3.17. The number of alkyl halides is 1. The van der Waals surface area contributed by atoms with Gasteiger partial charge in [0.1, 0.15) is 5.67 Å². The minimum atomic E-state index is -1.10. The van der Waals surface area contributed by atoms with E-state index in [2.05, 4.69) is 22.0 Å². The van der Waals surface area contributed by atoms with E-state index in [1.165, 1.54) is 0 Å². The van der Waals surface area contributed by atoms with Crippen LogP contribution in [0.15, 0.2) is 36.4 Å². The van der Waals surface area contributed by atoms with E-state index < -0.39 is 22.8 Å². The normalized spacial score (nSPS) is 36.9. The molecule has 33 heavy (non-hydrogen) atoms. The molecule has 0 bridgehead atoms. The zero-order chi connectivity index (χ0) is 22.3. The van der Waals surface area contributed by atoms with Crippen LogP contribution in [0.25, 0.3) is 10.9 Å². The monoisotopic (exact) mass is 446 g/mol. The van der Waals surface area contributed by atoms with Gasteiger partial charge in [0.05, 0.1) is 16.7 Å². The number of rotatable bonds is 2. The van der Waals surface area contributed by atoms with Crippen LogP contribution in [0.5, 0.6) is 11.5 Å². The quantitative estimate of drug-likeness (QED) is 0.556. The number of phenols is 1. The summed E-state index contributed by atoms with van der Waals surface area (Å²) in [6, 6.07) is 11.7. The fourth-order valence-electron chi connectivity index (χ4n) is 8.04. The van der Waals surface area contributed by atoms with Gasteiger partial charge >= 0.3 is 0 Å². The summed E-state index contributed by atoms with van der Waals surface area (Å²) in [6.07, 6.45) is 2.11. The van der Waals surface area contributed by atoms with Crippen molar-refractivity contribution < 1.29 is 19.3 Å². The summed E-state index contributed by atoms with van der Waals surface area (Å²) in [5.41, 5.74) is 2.24. The summed E-state index contributed by atoms with van der Waals surface area (Å²) in [6.45, 7) is 3.26. The van der Waals surface area contributed by atoms with E-state index in [0.29, 0.717) is 31.6 Å². The van der Waals surface area contributed by atoms with Crippen molar-refractivity contribution in [3.8, 4) is 11.5 Å². The molecule has 1 saturated heterocycles. The highest BCUT2D eigenvalue weighted by atomic mass is 19.1. The number of hydrogen-bond acceptors (Lipinski definition) is 4. The van der Waals surface area contributed by atoms with Gasteiger partial charge in [0.15, 0.2) is 17.6 Å². The predicted octanol–water partition coefficient (Wildman–Crippen LogP) is 4.05. The molecule has 170 valence electrons. The first-order valence-corrected chi connectivity index (χ1v) is 12.1. The largest absolute Gasteiger partial charge is 0.504 e. The number of nitrogens with zero attached hydrogens (tertiary/aromatic N) is 1. The van der Waals surface area contributed by atoms with Crippen molar-refractivity contribution in [1.29, 1.82) is 0 Å². The molecule has 6 heteroatoms. The number of nitrogens with one attached hydrogen (secondary N) is 1. The fraction of sp³-hybridized carbons (Fsp3) is 0.481. The lowest BCUT2D eigenvalue weighted by Gasteiger charge is -2.54. The first-order valence-electron chi connectivity index (χ1n) is 12.1. The van der Waals surface area contributed by atoms with Crippen LogP contribution in [0.4, 0.5) is 4.39 Å². The minimum absolute atomic E-state index is 0.105. The third-order valence-electron chi connectivity index (χ3n) is 9.46. The van der Waals surface area contributed by atoms with Crippen molar-refractivity contribution in [3.63, 3.8) is 0 Å². The second kappa shape index (κ2) is 5.56. The Labute approximate surface area is 191 Å². The number of aliphatic hydroxyl groups is 1. The average molecular weight is 447 g/mol. The first-order chi connectivity index (χ1) is 15.8. The number of H-pyrrole nitrogens is 1. The number of phenolic OH excluding ortho intramolecular Hbond substituents is 1. The molecule has 5 atom stereocenters. The lowest BCUT2D eigenvalue weighted by Crippen LogP contribution is -2.69. The van der Waals surface area contributed by atoms with E-state index >= 15 is 0 Å². The summed E-state index contributed by atoms with van der Waals surface area (Å²) in [5, 5.41) is 24.7. The summed E-state index contributed by atoms with van der Waals surface area (Å²) in [4.78, 5) is 5.80. The maximum Gasteiger partial charge on any atom is 0.166 e. The second-order valence-electron chi connectivity index (χ2n) is 11.2. The van der Waals surface area contributed by atoms with Crippen LogP contribution >= 0.6 is 0 Å². The topological polar surface area (TPSA) is 68.7 Å². The molecule has 3 aliphatic carbocycles. The number of aromatic amines is 1. The highest BCUT2D eigenvalue weighted by molar-refractivity contribution is 5.86. The van der Waals surface area contributed by atoms with E-state index in [1.54, 1.807) is 6.07 Å². The maximum absolute atomic E-state index is 14.8. The molecule has 0 amide bonds. The third-order valence-corrected chi connectivity index (χ3v) is 9.46. The van der Waals surface area contributed by atoms with Gasteiger partial charge in [-0.1, -0.05) is 24.3 Å². The van der Waals surface area contributed by atoms with Gasteiger partial charge in [-0.3, -0.25) is 4.90 Å². The molecule has 2 aliphatic heterocycles. The number of para-hydroxylation sites is 1. The molecule has 5 aliphatic rings. The lowest BCUT2D eigenvalue weighted by atomic mass is 9.58. The van der Waals surface area contributed by atoms with Crippen molar-refractivity contribution in [2.45, 2.75) is 61.4 Å². The van der Waals surface area contributed by atoms with E-state index in [4.69, 9.17) is 4.74 Å². The van der Waals surface area contributed by atoms with Gasteiger partial charge in [0.2, 0.25) is 0 Å². The number of hydrogen-bond donors (Lipinski definition) is 3. The molecule has 1 unspecified atom stereocenters.